The largest absolute Gasteiger partial charge is 0.338 e. The molecule has 302 valence electrons. The van der Waals surface area contributed by atoms with E-state index < -0.39 is 0 Å². The fourth-order valence-electron chi connectivity index (χ4n) is 10.5. The number of anilines is 4. The number of allylic oxidation sites excluding steroid dienone is 2. The molecule has 2 aliphatic rings. The Morgan fingerprint density at radius 1 is 0.689 bits per heavy atom. The Balaban J connectivity index is 1.19. The van der Waals surface area contributed by atoms with Crippen molar-refractivity contribution >= 4 is 120 Å². The molecule has 0 saturated carbocycles. The highest BCUT2D eigenvalue weighted by molar-refractivity contribution is 7.99. The van der Waals surface area contributed by atoms with Crippen LogP contribution in [0.4, 0.5) is 22.7 Å². The maximum Gasteiger partial charge on any atom is 0.0579 e. The Bertz CT molecular complexity index is 3190. The minimum Gasteiger partial charge on any atom is -0.338 e. The molecule has 7 aromatic carbocycles. The second kappa shape index (κ2) is 16.2. The van der Waals surface area contributed by atoms with E-state index in [2.05, 4.69) is 164 Å². The number of thiophene rings is 2. The molecular formula is C56H50N2S3. The Labute approximate surface area is 372 Å². The van der Waals surface area contributed by atoms with Gasteiger partial charge in [0.2, 0.25) is 0 Å². The van der Waals surface area contributed by atoms with Crippen LogP contribution in [0.3, 0.4) is 0 Å². The first kappa shape index (κ1) is 38.7. The number of nitrogens with zero attached hydrogens (tertiary/aromatic N) is 2. The van der Waals surface area contributed by atoms with Crippen LogP contribution < -0.4 is 9.80 Å². The lowest BCUT2D eigenvalue weighted by Gasteiger charge is -2.36. The molecule has 0 atom stereocenters. The quantitative estimate of drug-likeness (QED) is 0.127. The van der Waals surface area contributed by atoms with Gasteiger partial charge in [0.15, 0.2) is 0 Å². The highest BCUT2D eigenvalue weighted by atomic mass is 32.2. The first-order valence-electron chi connectivity index (χ1n) is 22.3. The van der Waals surface area contributed by atoms with Crippen molar-refractivity contribution in [2.24, 2.45) is 0 Å². The number of thioether (sulfide) groups is 1. The molecule has 0 radical (unpaired) electrons. The summed E-state index contributed by atoms with van der Waals surface area (Å²) in [5, 5.41) is 11.6. The van der Waals surface area contributed by atoms with Gasteiger partial charge in [0.1, 0.15) is 0 Å². The van der Waals surface area contributed by atoms with Gasteiger partial charge in [-0.05, 0) is 139 Å². The van der Waals surface area contributed by atoms with Crippen molar-refractivity contribution in [1.82, 2.24) is 0 Å². The van der Waals surface area contributed by atoms with Crippen molar-refractivity contribution in [3.05, 3.63) is 155 Å². The summed E-state index contributed by atoms with van der Waals surface area (Å²) < 4.78 is 4.09. The average Bonchev–Trinajstić information content (AvgIpc) is 3.73. The van der Waals surface area contributed by atoms with E-state index in [0.717, 1.165) is 42.6 Å². The molecule has 0 saturated heterocycles. The summed E-state index contributed by atoms with van der Waals surface area (Å²) in [6.45, 7) is 7.07. The molecule has 1 aliphatic carbocycles. The number of hydrogen-bond acceptors (Lipinski definition) is 5. The van der Waals surface area contributed by atoms with Crippen LogP contribution in [0, 0.1) is 19.1 Å². The second-order valence-electron chi connectivity index (χ2n) is 16.9. The van der Waals surface area contributed by atoms with Gasteiger partial charge in [0.05, 0.1) is 5.69 Å². The summed E-state index contributed by atoms with van der Waals surface area (Å²) in [6, 6.07) is 47.0. The van der Waals surface area contributed by atoms with Gasteiger partial charge in [-0.15, -0.1) is 22.7 Å². The van der Waals surface area contributed by atoms with Gasteiger partial charge in [0.25, 0.3) is 0 Å². The zero-order chi connectivity index (χ0) is 41.0. The topological polar surface area (TPSA) is 6.48 Å². The van der Waals surface area contributed by atoms with Gasteiger partial charge < -0.3 is 9.80 Å². The van der Waals surface area contributed by atoms with Crippen molar-refractivity contribution in [3.8, 4) is 0 Å². The van der Waals surface area contributed by atoms with E-state index in [1.54, 1.807) is 10.4 Å². The molecule has 0 N–H and O–H groups in total. The monoisotopic (exact) mass is 846 g/mol. The Hall–Kier alpha value is -5.25. The molecule has 0 unspecified atom stereocenters. The van der Waals surface area contributed by atoms with E-state index in [1.165, 1.54) is 117 Å². The summed E-state index contributed by atoms with van der Waals surface area (Å²) in [6.07, 6.45) is 16.5. The Morgan fingerprint density at radius 2 is 1.43 bits per heavy atom. The Kier molecular flexibility index (Phi) is 10.3. The third kappa shape index (κ3) is 6.62. The third-order valence-electron chi connectivity index (χ3n) is 13.2. The van der Waals surface area contributed by atoms with Crippen LogP contribution in [0.5, 0.6) is 0 Å². The molecule has 9 aromatic rings. The summed E-state index contributed by atoms with van der Waals surface area (Å²) in [5.74, 6) is 1.92. The van der Waals surface area contributed by atoms with Gasteiger partial charge in [-0.3, -0.25) is 0 Å². The van der Waals surface area contributed by atoms with E-state index in [0.29, 0.717) is 6.04 Å². The van der Waals surface area contributed by atoms with Gasteiger partial charge in [-0.1, -0.05) is 93.4 Å². The fourth-order valence-corrected chi connectivity index (χ4v) is 13.7. The molecule has 2 nitrogen and oxygen atoms in total. The van der Waals surface area contributed by atoms with Gasteiger partial charge in [-0.25, -0.2) is 0 Å². The van der Waals surface area contributed by atoms with Crippen LogP contribution in [0.2, 0.25) is 0 Å². The summed E-state index contributed by atoms with van der Waals surface area (Å²) in [5.41, 5.74) is 9.21. The normalized spacial score (nSPS) is 14.3. The minimum absolute atomic E-state index is 0.372. The number of aryl methyl sites for hydroxylation is 3. The smallest absolute Gasteiger partial charge is 0.0579 e. The van der Waals surface area contributed by atoms with Crippen LogP contribution in [-0.2, 0) is 12.8 Å². The van der Waals surface area contributed by atoms with E-state index >= 15 is 0 Å². The van der Waals surface area contributed by atoms with Crippen LogP contribution in [0.1, 0.15) is 68.4 Å². The molecule has 2 aromatic heterocycles. The molecule has 0 spiro atoms. The molecule has 0 bridgehead atoms. The van der Waals surface area contributed by atoms with E-state index in [1.807, 2.05) is 34.4 Å². The van der Waals surface area contributed by atoms with Crippen molar-refractivity contribution in [3.63, 3.8) is 0 Å². The van der Waals surface area contributed by atoms with E-state index in [9.17, 15) is 0 Å². The lowest BCUT2D eigenvalue weighted by Crippen LogP contribution is -2.31. The van der Waals surface area contributed by atoms with Crippen LogP contribution >= 0.6 is 34.4 Å². The zero-order valence-electron chi connectivity index (χ0n) is 35.3. The SMILES string of the molecule is CCCC(CCC)N(c1ccc2sc3c(c2c1)CCCC3)c1cc2c3c#cccc3c(N(C3=CC=CCSC3)c3ccc4sc5ccccc5c4c3)c(C)c2c2ccccc12. The summed E-state index contributed by atoms with van der Waals surface area (Å²) in [4.78, 5) is 6.93. The molecule has 1 aliphatic heterocycles. The highest BCUT2D eigenvalue weighted by Crippen LogP contribution is 2.50. The van der Waals surface area contributed by atoms with Crippen molar-refractivity contribution < 1.29 is 0 Å². The van der Waals surface area contributed by atoms with Crippen LogP contribution in [-0.4, -0.2) is 17.5 Å². The van der Waals surface area contributed by atoms with Crippen molar-refractivity contribution in [1.29, 1.82) is 0 Å². The average molecular weight is 847 g/mol. The van der Waals surface area contributed by atoms with E-state index in [-0.39, 0.29) is 0 Å². The van der Waals surface area contributed by atoms with Crippen molar-refractivity contribution in [2.75, 3.05) is 21.3 Å². The van der Waals surface area contributed by atoms with Crippen molar-refractivity contribution in [2.45, 2.75) is 78.2 Å². The van der Waals surface area contributed by atoms with Gasteiger partial charge in [-0.2, -0.15) is 11.8 Å². The molecular weight excluding hydrogens is 797 g/mol. The maximum atomic E-state index is 3.73. The van der Waals surface area contributed by atoms with Gasteiger partial charge in [0, 0.05) is 91.6 Å². The number of benzene rings is 6. The minimum atomic E-state index is 0.372. The summed E-state index contributed by atoms with van der Waals surface area (Å²) in [7, 11) is 0. The Morgan fingerprint density at radius 3 is 2.28 bits per heavy atom. The number of rotatable bonds is 10. The first-order chi connectivity index (χ1) is 30.1. The second-order valence-corrected chi connectivity index (χ2v) is 20.2. The predicted molar refractivity (Wildman–Crippen MR) is 272 cm³/mol. The van der Waals surface area contributed by atoms with Crippen LogP contribution in [0.15, 0.2) is 127 Å². The molecule has 5 heteroatoms. The maximum absolute atomic E-state index is 3.73. The first-order valence-corrected chi connectivity index (χ1v) is 25.1. The predicted octanol–water partition coefficient (Wildman–Crippen LogP) is 16.9. The molecule has 0 amide bonds. The standard InChI is InChI=1S/C56H50N2S3/c1-4-16-37(17-5-2)57(38-27-29-53-47(32-38)43-21-10-12-25-51(43)60-53)50-34-49-41-19-6-9-24-46(41)56(36(3)55(49)45-23-8-7-20-42(45)50)58(40-18-14-15-31-59-35-40)39-28-30-54-48(33-39)44-22-11-13-26-52(44)61-54/h7-9,11,13-15,18,20,22-24,26-30,32-34,37H,4-5,10,12,16-17,21,25,31,35H2,1-3H3. The lowest BCUT2D eigenvalue weighted by molar-refractivity contribution is 0.543. The molecule has 3 heterocycles. The molecule has 0 fully saturated rings. The fraction of sp³-hybridized carbons (Fsp3) is 0.250. The molecule has 61 heavy (non-hydrogen) atoms. The number of fused-ring (bicyclic) bond motifs is 11. The van der Waals surface area contributed by atoms with Crippen LogP contribution in [0.25, 0.3) is 62.6 Å². The highest BCUT2D eigenvalue weighted by Gasteiger charge is 2.28. The zero-order valence-corrected chi connectivity index (χ0v) is 37.8. The number of hydrogen-bond donors (Lipinski definition) is 0. The molecule has 11 rings (SSSR count). The van der Waals surface area contributed by atoms with Gasteiger partial charge >= 0.3 is 0 Å². The lowest BCUT2D eigenvalue weighted by atomic mass is 9.89. The third-order valence-corrected chi connectivity index (χ3v) is 16.5. The summed E-state index contributed by atoms with van der Waals surface area (Å²) >= 11 is 5.88. The van der Waals surface area contributed by atoms with E-state index in [4.69, 9.17) is 0 Å².